The summed E-state index contributed by atoms with van der Waals surface area (Å²) in [6, 6.07) is 6.82. The van der Waals surface area contributed by atoms with Crippen molar-refractivity contribution in [3.8, 4) is 11.5 Å². The van der Waals surface area contributed by atoms with Gasteiger partial charge in [-0.1, -0.05) is 32.4 Å². The Hall–Kier alpha value is -1.22. The number of nitrogens with one attached hydrogen (secondary N) is 1. The van der Waals surface area contributed by atoms with Crippen molar-refractivity contribution in [2.75, 3.05) is 13.2 Å². The van der Waals surface area contributed by atoms with Crippen molar-refractivity contribution in [2.24, 2.45) is 11.8 Å². The molecule has 3 unspecified atom stereocenters. The second kappa shape index (κ2) is 6.04. The van der Waals surface area contributed by atoms with E-state index in [1.54, 1.807) is 0 Å². The van der Waals surface area contributed by atoms with Crippen molar-refractivity contribution in [2.45, 2.75) is 45.7 Å². The number of hydrogen-bond donors (Lipinski definition) is 1. The van der Waals surface area contributed by atoms with Crippen molar-refractivity contribution in [1.82, 2.24) is 5.32 Å². The summed E-state index contributed by atoms with van der Waals surface area (Å²) in [7, 11) is 0. The minimum absolute atomic E-state index is 0.639. The summed E-state index contributed by atoms with van der Waals surface area (Å²) < 4.78 is 11.4. The zero-order valence-electron chi connectivity index (χ0n) is 12.5. The predicted molar refractivity (Wildman–Crippen MR) is 80.2 cm³/mol. The molecule has 20 heavy (non-hydrogen) atoms. The van der Waals surface area contributed by atoms with Gasteiger partial charge in [-0.15, -0.1) is 0 Å². The fourth-order valence-corrected chi connectivity index (χ4v) is 3.63. The molecule has 0 bridgehead atoms. The van der Waals surface area contributed by atoms with Gasteiger partial charge in [0, 0.05) is 18.2 Å². The van der Waals surface area contributed by atoms with E-state index in [9.17, 15) is 0 Å². The average molecular weight is 275 g/mol. The Kier molecular flexibility index (Phi) is 4.16. The molecule has 0 spiro atoms. The summed E-state index contributed by atoms with van der Waals surface area (Å²) in [6.45, 7) is 6.88. The zero-order chi connectivity index (χ0) is 13.9. The highest BCUT2D eigenvalue weighted by molar-refractivity contribution is 5.47. The topological polar surface area (TPSA) is 30.5 Å². The lowest BCUT2D eigenvalue weighted by Gasteiger charge is -2.24. The summed E-state index contributed by atoms with van der Waals surface area (Å²) in [6.07, 6.45) is 3.96. The highest BCUT2D eigenvalue weighted by Crippen LogP contribution is 2.36. The number of benzene rings is 1. The number of ether oxygens (including phenoxy) is 2. The molecule has 1 aliphatic heterocycles. The fourth-order valence-electron chi connectivity index (χ4n) is 3.63. The van der Waals surface area contributed by atoms with Gasteiger partial charge in [0.1, 0.15) is 13.2 Å². The number of para-hydroxylation sites is 1. The van der Waals surface area contributed by atoms with Gasteiger partial charge in [0.15, 0.2) is 11.5 Å². The van der Waals surface area contributed by atoms with Crippen LogP contribution < -0.4 is 14.8 Å². The normalized spacial score (nSPS) is 28.6. The van der Waals surface area contributed by atoms with Crippen molar-refractivity contribution in [3.63, 3.8) is 0 Å². The van der Waals surface area contributed by atoms with E-state index < -0.39 is 0 Å². The molecule has 1 fully saturated rings. The molecule has 0 radical (unpaired) electrons. The Bertz CT molecular complexity index is 460. The van der Waals surface area contributed by atoms with Gasteiger partial charge >= 0.3 is 0 Å². The monoisotopic (exact) mass is 275 g/mol. The smallest absolute Gasteiger partial charge is 0.165 e. The molecule has 3 nitrogen and oxygen atoms in total. The fraction of sp³-hybridized carbons (Fsp3) is 0.647. The maximum absolute atomic E-state index is 5.77. The molecular formula is C17H25NO2. The number of rotatable bonds is 4. The molecule has 1 aromatic carbocycles. The lowest BCUT2D eigenvalue weighted by molar-refractivity contribution is 0.169. The van der Waals surface area contributed by atoms with E-state index in [1.165, 1.54) is 24.8 Å². The molecule has 1 heterocycles. The molecule has 0 aromatic heterocycles. The Labute approximate surface area is 121 Å². The van der Waals surface area contributed by atoms with Crippen molar-refractivity contribution < 1.29 is 9.47 Å². The first-order chi connectivity index (χ1) is 9.79. The van der Waals surface area contributed by atoms with Crippen LogP contribution in [0.15, 0.2) is 18.2 Å². The molecule has 1 saturated carbocycles. The van der Waals surface area contributed by atoms with Crippen LogP contribution in [0.3, 0.4) is 0 Å². The number of hydrogen-bond acceptors (Lipinski definition) is 3. The Morgan fingerprint density at radius 3 is 2.85 bits per heavy atom. The maximum Gasteiger partial charge on any atom is 0.165 e. The molecule has 1 aliphatic carbocycles. The van der Waals surface area contributed by atoms with Gasteiger partial charge in [0.2, 0.25) is 0 Å². The van der Waals surface area contributed by atoms with E-state index in [4.69, 9.17) is 9.47 Å². The van der Waals surface area contributed by atoms with Crippen LogP contribution in [0.4, 0.5) is 0 Å². The van der Waals surface area contributed by atoms with Crippen LogP contribution in [0.5, 0.6) is 11.5 Å². The molecule has 3 heteroatoms. The van der Waals surface area contributed by atoms with Gasteiger partial charge in [-0.3, -0.25) is 0 Å². The second-order valence-corrected chi connectivity index (χ2v) is 6.03. The Balaban J connectivity index is 1.64. The lowest BCUT2D eigenvalue weighted by Crippen LogP contribution is -2.32. The van der Waals surface area contributed by atoms with Gasteiger partial charge in [0.05, 0.1) is 0 Å². The highest BCUT2D eigenvalue weighted by atomic mass is 16.6. The van der Waals surface area contributed by atoms with E-state index in [1.807, 2.05) is 6.07 Å². The zero-order valence-corrected chi connectivity index (χ0v) is 12.5. The molecule has 2 aliphatic rings. The van der Waals surface area contributed by atoms with E-state index in [2.05, 4.69) is 31.3 Å². The molecule has 1 aromatic rings. The molecular weight excluding hydrogens is 250 g/mol. The predicted octanol–water partition coefficient (Wildman–Crippen LogP) is 3.37. The van der Waals surface area contributed by atoms with Crippen LogP contribution in [0.2, 0.25) is 0 Å². The minimum atomic E-state index is 0.639. The highest BCUT2D eigenvalue weighted by Gasteiger charge is 2.31. The SMILES string of the molecule is CCC1CCC(NCc2cccc3c2OCCO3)C1C. The first-order valence-corrected chi connectivity index (χ1v) is 7.90. The maximum atomic E-state index is 5.77. The van der Waals surface area contributed by atoms with Crippen LogP contribution in [0, 0.1) is 11.8 Å². The molecule has 1 N–H and O–H groups in total. The first-order valence-electron chi connectivity index (χ1n) is 7.90. The van der Waals surface area contributed by atoms with Gasteiger partial charge in [-0.25, -0.2) is 0 Å². The first kappa shape index (κ1) is 13.7. The number of fused-ring (bicyclic) bond motifs is 1. The third kappa shape index (κ3) is 2.64. The van der Waals surface area contributed by atoms with E-state index >= 15 is 0 Å². The van der Waals surface area contributed by atoms with Crippen LogP contribution in [0.1, 0.15) is 38.7 Å². The summed E-state index contributed by atoms with van der Waals surface area (Å²) in [5.74, 6) is 3.49. The molecule has 110 valence electrons. The summed E-state index contributed by atoms with van der Waals surface area (Å²) in [5, 5.41) is 3.73. The van der Waals surface area contributed by atoms with E-state index in [-0.39, 0.29) is 0 Å². The third-order valence-electron chi connectivity index (χ3n) is 4.95. The van der Waals surface area contributed by atoms with Crippen molar-refractivity contribution in [1.29, 1.82) is 0 Å². The van der Waals surface area contributed by atoms with Crippen LogP contribution in [0.25, 0.3) is 0 Å². The van der Waals surface area contributed by atoms with Crippen LogP contribution in [-0.4, -0.2) is 19.3 Å². The largest absolute Gasteiger partial charge is 0.486 e. The Morgan fingerprint density at radius 1 is 1.20 bits per heavy atom. The van der Waals surface area contributed by atoms with Crippen LogP contribution in [-0.2, 0) is 6.54 Å². The third-order valence-corrected chi connectivity index (χ3v) is 4.95. The van der Waals surface area contributed by atoms with Gasteiger partial charge in [-0.2, -0.15) is 0 Å². The lowest BCUT2D eigenvalue weighted by atomic mass is 9.93. The quantitative estimate of drug-likeness (QED) is 0.914. The van der Waals surface area contributed by atoms with Gasteiger partial charge < -0.3 is 14.8 Å². The summed E-state index contributed by atoms with van der Waals surface area (Å²) in [4.78, 5) is 0. The Morgan fingerprint density at radius 2 is 2.05 bits per heavy atom. The standard InChI is InChI=1S/C17H25NO2/c1-3-13-7-8-15(12(13)2)18-11-14-5-4-6-16-17(14)20-10-9-19-16/h4-6,12-13,15,18H,3,7-11H2,1-2H3. The van der Waals surface area contributed by atoms with Gasteiger partial charge in [-0.05, 0) is 30.7 Å². The summed E-state index contributed by atoms with van der Waals surface area (Å²) in [5.41, 5.74) is 1.22. The van der Waals surface area contributed by atoms with Crippen molar-refractivity contribution >= 4 is 0 Å². The summed E-state index contributed by atoms with van der Waals surface area (Å²) >= 11 is 0. The average Bonchev–Trinajstić information content (AvgIpc) is 2.85. The van der Waals surface area contributed by atoms with E-state index in [0.29, 0.717) is 19.3 Å². The van der Waals surface area contributed by atoms with Crippen LogP contribution >= 0.6 is 0 Å². The van der Waals surface area contributed by atoms with E-state index in [0.717, 1.165) is 29.9 Å². The molecule has 3 rings (SSSR count). The van der Waals surface area contributed by atoms with Gasteiger partial charge in [0.25, 0.3) is 0 Å². The molecule has 0 saturated heterocycles. The molecule has 0 amide bonds. The molecule has 3 atom stereocenters. The van der Waals surface area contributed by atoms with Crippen molar-refractivity contribution in [3.05, 3.63) is 23.8 Å². The second-order valence-electron chi connectivity index (χ2n) is 6.03. The minimum Gasteiger partial charge on any atom is -0.486 e.